The third kappa shape index (κ3) is 5.28. The maximum atomic E-state index is 6.16. The minimum atomic E-state index is 0.227. The topological polar surface area (TPSA) is 37.4 Å². The molecule has 1 aromatic carbocycles. The van der Waals surface area contributed by atoms with Crippen molar-refractivity contribution in [1.82, 2.24) is 15.2 Å². The maximum Gasteiger partial charge on any atom is 0.213 e. The number of nitrogens with zero attached hydrogens (tertiary/aromatic N) is 2. The molecule has 0 bridgehead atoms. The van der Waals surface area contributed by atoms with Gasteiger partial charge in [0, 0.05) is 37.9 Å². The van der Waals surface area contributed by atoms with Gasteiger partial charge >= 0.3 is 0 Å². The zero-order valence-electron chi connectivity index (χ0n) is 15.3. The molecule has 1 aliphatic heterocycles. The molecule has 4 nitrogen and oxygen atoms in total. The first-order chi connectivity index (χ1) is 12.2. The van der Waals surface area contributed by atoms with Crippen molar-refractivity contribution in [3.63, 3.8) is 0 Å². The van der Waals surface area contributed by atoms with E-state index in [0.717, 1.165) is 44.9 Å². The van der Waals surface area contributed by atoms with Crippen molar-refractivity contribution in [3.05, 3.63) is 59.8 Å². The summed E-state index contributed by atoms with van der Waals surface area (Å²) in [5.41, 5.74) is 2.59. The van der Waals surface area contributed by atoms with Gasteiger partial charge in [-0.1, -0.05) is 37.3 Å². The minimum absolute atomic E-state index is 0.227. The average molecular weight is 339 g/mol. The SMILES string of the molecule is CCCNC(C)c1ccnc(OC2CCN(Cc3ccccc3)C2)c1. The van der Waals surface area contributed by atoms with E-state index < -0.39 is 0 Å². The van der Waals surface area contributed by atoms with Crippen LogP contribution in [0, 0.1) is 0 Å². The Morgan fingerprint density at radius 1 is 1.28 bits per heavy atom. The summed E-state index contributed by atoms with van der Waals surface area (Å²) in [5.74, 6) is 0.745. The predicted molar refractivity (Wildman–Crippen MR) is 102 cm³/mol. The molecule has 0 saturated carbocycles. The quantitative estimate of drug-likeness (QED) is 0.794. The summed E-state index contributed by atoms with van der Waals surface area (Å²) in [6, 6.07) is 15.1. The van der Waals surface area contributed by atoms with Crippen LogP contribution in [-0.2, 0) is 6.54 Å². The minimum Gasteiger partial charge on any atom is -0.473 e. The lowest BCUT2D eigenvalue weighted by Crippen LogP contribution is -2.25. The van der Waals surface area contributed by atoms with Crippen molar-refractivity contribution in [3.8, 4) is 5.88 Å². The average Bonchev–Trinajstić information content (AvgIpc) is 3.07. The van der Waals surface area contributed by atoms with Gasteiger partial charge in [0.1, 0.15) is 6.10 Å². The van der Waals surface area contributed by atoms with E-state index >= 15 is 0 Å². The fourth-order valence-electron chi connectivity index (χ4n) is 3.29. The second-order valence-corrected chi connectivity index (χ2v) is 6.85. The number of nitrogens with one attached hydrogen (secondary N) is 1. The summed E-state index contributed by atoms with van der Waals surface area (Å²) in [4.78, 5) is 6.86. The van der Waals surface area contributed by atoms with Gasteiger partial charge < -0.3 is 10.1 Å². The maximum absolute atomic E-state index is 6.16. The van der Waals surface area contributed by atoms with E-state index in [-0.39, 0.29) is 6.10 Å². The molecule has 2 heterocycles. The summed E-state index contributed by atoms with van der Waals surface area (Å²) >= 11 is 0. The van der Waals surface area contributed by atoms with Gasteiger partial charge in [-0.2, -0.15) is 0 Å². The molecule has 1 N–H and O–H groups in total. The van der Waals surface area contributed by atoms with Crippen LogP contribution < -0.4 is 10.1 Å². The van der Waals surface area contributed by atoms with Gasteiger partial charge in [-0.15, -0.1) is 0 Å². The Bertz CT molecular complexity index is 647. The number of pyridine rings is 1. The summed E-state index contributed by atoms with van der Waals surface area (Å²) in [6.45, 7) is 8.43. The normalized spacial score (nSPS) is 19.0. The molecule has 0 amide bonds. The summed E-state index contributed by atoms with van der Waals surface area (Å²) in [6.07, 6.45) is 4.27. The first-order valence-corrected chi connectivity index (χ1v) is 9.37. The number of aromatic nitrogens is 1. The molecule has 1 fully saturated rings. The number of ether oxygens (including phenoxy) is 1. The molecular formula is C21H29N3O. The molecule has 2 atom stereocenters. The molecule has 0 radical (unpaired) electrons. The molecule has 25 heavy (non-hydrogen) atoms. The van der Waals surface area contributed by atoms with Crippen molar-refractivity contribution < 1.29 is 4.74 Å². The fraction of sp³-hybridized carbons (Fsp3) is 0.476. The van der Waals surface area contributed by atoms with Gasteiger partial charge in [0.15, 0.2) is 0 Å². The summed E-state index contributed by atoms with van der Waals surface area (Å²) < 4.78 is 6.16. The van der Waals surface area contributed by atoms with E-state index in [9.17, 15) is 0 Å². The van der Waals surface area contributed by atoms with Crippen molar-refractivity contribution in [2.45, 2.75) is 45.4 Å². The highest BCUT2D eigenvalue weighted by molar-refractivity contribution is 5.23. The summed E-state index contributed by atoms with van der Waals surface area (Å²) in [7, 11) is 0. The number of benzene rings is 1. The van der Waals surface area contributed by atoms with Gasteiger partial charge in [-0.05, 0) is 43.5 Å². The zero-order valence-corrected chi connectivity index (χ0v) is 15.3. The van der Waals surface area contributed by atoms with Crippen LogP contribution >= 0.6 is 0 Å². The van der Waals surface area contributed by atoms with Crippen LogP contribution in [-0.4, -0.2) is 35.6 Å². The number of hydrogen-bond acceptors (Lipinski definition) is 4. The monoisotopic (exact) mass is 339 g/mol. The van der Waals surface area contributed by atoms with Crippen LogP contribution in [0.5, 0.6) is 5.88 Å². The molecule has 1 aliphatic rings. The van der Waals surface area contributed by atoms with Crippen LogP contribution in [0.3, 0.4) is 0 Å². The third-order valence-electron chi connectivity index (χ3n) is 4.72. The van der Waals surface area contributed by atoms with E-state index in [4.69, 9.17) is 4.74 Å². The summed E-state index contributed by atoms with van der Waals surface area (Å²) in [5, 5.41) is 3.51. The highest BCUT2D eigenvalue weighted by Gasteiger charge is 2.24. The second kappa shape index (κ2) is 8.97. The van der Waals surface area contributed by atoms with Crippen molar-refractivity contribution in [2.24, 2.45) is 0 Å². The highest BCUT2D eigenvalue weighted by Crippen LogP contribution is 2.21. The molecule has 0 aliphatic carbocycles. The van der Waals surface area contributed by atoms with E-state index in [0.29, 0.717) is 6.04 Å². The van der Waals surface area contributed by atoms with Crippen LogP contribution in [0.25, 0.3) is 0 Å². The first-order valence-electron chi connectivity index (χ1n) is 9.37. The Labute approximate surface area is 151 Å². The van der Waals surface area contributed by atoms with Crippen LogP contribution in [0.2, 0.25) is 0 Å². The standard InChI is InChI=1S/C21H29N3O/c1-3-11-22-17(2)19-9-12-23-21(14-19)25-20-10-13-24(16-20)15-18-7-5-4-6-8-18/h4-9,12,14,17,20,22H,3,10-11,13,15-16H2,1-2H3. The van der Waals surface area contributed by atoms with Crippen molar-refractivity contribution >= 4 is 0 Å². The predicted octanol–water partition coefficient (Wildman–Crippen LogP) is 3.80. The van der Waals surface area contributed by atoms with Crippen molar-refractivity contribution in [1.29, 1.82) is 0 Å². The van der Waals surface area contributed by atoms with E-state index in [1.807, 2.05) is 6.20 Å². The molecule has 134 valence electrons. The lowest BCUT2D eigenvalue weighted by molar-refractivity contribution is 0.191. The Morgan fingerprint density at radius 2 is 2.12 bits per heavy atom. The number of rotatable bonds is 8. The number of likely N-dealkylation sites (tertiary alicyclic amines) is 1. The first kappa shape index (κ1) is 17.9. The molecule has 3 rings (SSSR count). The van der Waals surface area contributed by atoms with Gasteiger partial charge in [0.05, 0.1) is 0 Å². The molecule has 4 heteroatoms. The lowest BCUT2D eigenvalue weighted by Gasteiger charge is -2.18. The molecule has 0 spiro atoms. The van der Waals surface area contributed by atoms with Crippen LogP contribution in [0.1, 0.15) is 43.9 Å². The van der Waals surface area contributed by atoms with Crippen molar-refractivity contribution in [2.75, 3.05) is 19.6 Å². The molecule has 1 saturated heterocycles. The fourth-order valence-corrected chi connectivity index (χ4v) is 3.29. The third-order valence-corrected chi connectivity index (χ3v) is 4.72. The Morgan fingerprint density at radius 3 is 2.92 bits per heavy atom. The van der Waals surface area contributed by atoms with Gasteiger partial charge in [0.25, 0.3) is 0 Å². The smallest absolute Gasteiger partial charge is 0.213 e. The molecular weight excluding hydrogens is 310 g/mol. The molecule has 1 aromatic heterocycles. The highest BCUT2D eigenvalue weighted by atomic mass is 16.5. The number of hydrogen-bond donors (Lipinski definition) is 1. The molecule has 2 unspecified atom stereocenters. The lowest BCUT2D eigenvalue weighted by atomic mass is 10.1. The Hall–Kier alpha value is -1.91. The van der Waals surface area contributed by atoms with Gasteiger partial charge in [-0.25, -0.2) is 4.98 Å². The van der Waals surface area contributed by atoms with E-state index in [2.05, 4.69) is 71.5 Å². The van der Waals surface area contributed by atoms with Crippen LogP contribution in [0.4, 0.5) is 0 Å². The molecule has 2 aromatic rings. The van der Waals surface area contributed by atoms with Gasteiger partial charge in [-0.3, -0.25) is 4.90 Å². The van der Waals surface area contributed by atoms with Gasteiger partial charge in [0.2, 0.25) is 5.88 Å². The van der Waals surface area contributed by atoms with Crippen LogP contribution in [0.15, 0.2) is 48.7 Å². The Balaban J connectivity index is 1.53. The second-order valence-electron chi connectivity index (χ2n) is 6.85. The largest absolute Gasteiger partial charge is 0.473 e. The van der Waals surface area contributed by atoms with E-state index in [1.54, 1.807) is 0 Å². The Kier molecular flexibility index (Phi) is 6.42. The zero-order chi connectivity index (χ0) is 17.5. The van der Waals surface area contributed by atoms with E-state index in [1.165, 1.54) is 11.1 Å².